The van der Waals surface area contributed by atoms with Gasteiger partial charge in [-0.15, -0.1) is 0 Å². The zero-order valence-corrected chi connectivity index (χ0v) is 3.18. The van der Waals surface area contributed by atoms with Crippen LogP contribution in [0.1, 0.15) is 0 Å². The van der Waals surface area contributed by atoms with Gasteiger partial charge in [-0.05, 0) is 0 Å². The highest BCUT2D eigenvalue weighted by Gasteiger charge is 1.76. The second-order valence-electron chi connectivity index (χ2n) is 0.874. The zero-order valence-electron chi connectivity index (χ0n) is 3.18. The molecular formula is C3H4N3. The van der Waals surface area contributed by atoms with Crippen LogP contribution in [0.2, 0.25) is 0 Å². The molecule has 1 N–H and O–H groups in total. The molecule has 0 atom stereocenters. The molecule has 0 saturated carbocycles. The SMILES string of the molecule is [C]1=NC=NCN1. The predicted octanol–water partition coefficient (Wildman–Crippen LogP) is -0.519. The first-order valence-corrected chi connectivity index (χ1v) is 1.66. The monoisotopic (exact) mass is 82.0 g/mol. The molecule has 0 saturated heterocycles. The van der Waals surface area contributed by atoms with Crippen LogP contribution in [0.15, 0.2) is 9.98 Å². The molecule has 6 heavy (non-hydrogen) atoms. The van der Waals surface area contributed by atoms with Crippen molar-refractivity contribution in [3.05, 3.63) is 0 Å². The molecule has 0 aromatic carbocycles. The fraction of sp³-hybridized carbons (Fsp3) is 0.333. The Morgan fingerprint density at radius 2 is 2.83 bits per heavy atom. The molecule has 0 amide bonds. The van der Waals surface area contributed by atoms with Crippen molar-refractivity contribution in [3.8, 4) is 0 Å². The van der Waals surface area contributed by atoms with E-state index in [-0.39, 0.29) is 0 Å². The summed E-state index contributed by atoms with van der Waals surface area (Å²) in [6.07, 6.45) is 3.98. The quantitative estimate of drug-likeness (QED) is 0.419. The van der Waals surface area contributed by atoms with Gasteiger partial charge < -0.3 is 5.32 Å². The Kier molecular flexibility index (Phi) is 0.859. The number of rotatable bonds is 0. The average molecular weight is 82.1 g/mol. The van der Waals surface area contributed by atoms with Crippen LogP contribution < -0.4 is 5.32 Å². The minimum atomic E-state index is 0.615. The fourth-order valence-electron chi connectivity index (χ4n) is 0.237. The largest absolute Gasteiger partial charge is 0.348 e. The van der Waals surface area contributed by atoms with Crippen molar-refractivity contribution < 1.29 is 0 Å². The Morgan fingerprint density at radius 3 is 3.00 bits per heavy atom. The van der Waals surface area contributed by atoms with Gasteiger partial charge in [-0.25, -0.2) is 4.99 Å². The van der Waals surface area contributed by atoms with Crippen LogP contribution >= 0.6 is 0 Å². The molecule has 1 aliphatic heterocycles. The summed E-state index contributed by atoms with van der Waals surface area (Å²) >= 11 is 0. The second kappa shape index (κ2) is 1.55. The van der Waals surface area contributed by atoms with Crippen LogP contribution in [-0.2, 0) is 0 Å². The molecule has 0 unspecified atom stereocenters. The molecule has 0 aliphatic carbocycles. The van der Waals surface area contributed by atoms with E-state index in [0.717, 1.165) is 0 Å². The molecule has 0 aromatic rings. The summed E-state index contributed by atoms with van der Waals surface area (Å²) in [5, 5.41) is 2.67. The summed E-state index contributed by atoms with van der Waals surface area (Å²) in [7, 11) is 0. The van der Waals surface area contributed by atoms with Gasteiger partial charge in [0.05, 0.1) is 0 Å². The number of nitrogens with one attached hydrogen (secondary N) is 1. The molecule has 3 heteroatoms. The van der Waals surface area contributed by atoms with E-state index in [2.05, 4.69) is 21.6 Å². The van der Waals surface area contributed by atoms with Gasteiger partial charge in [-0.3, -0.25) is 4.99 Å². The summed E-state index contributed by atoms with van der Waals surface area (Å²) in [5.41, 5.74) is 0. The van der Waals surface area contributed by atoms with E-state index in [1.807, 2.05) is 0 Å². The second-order valence-corrected chi connectivity index (χ2v) is 0.874. The van der Waals surface area contributed by atoms with Gasteiger partial charge in [0, 0.05) is 0 Å². The van der Waals surface area contributed by atoms with Crippen LogP contribution in [0.5, 0.6) is 0 Å². The first-order valence-electron chi connectivity index (χ1n) is 1.66. The van der Waals surface area contributed by atoms with E-state index in [9.17, 15) is 0 Å². The van der Waals surface area contributed by atoms with Gasteiger partial charge in [-0.2, -0.15) is 0 Å². The van der Waals surface area contributed by atoms with Crippen molar-refractivity contribution in [2.24, 2.45) is 9.98 Å². The molecule has 1 rings (SSSR count). The maximum absolute atomic E-state index is 3.71. The van der Waals surface area contributed by atoms with E-state index < -0.39 is 0 Å². The zero-order chi connectivity index (χ0) is 4.24. The highest BCUT2D eigenvalue weighted by atomic mass is 15.1. The van der Waals surface area contributed by atoms with Crippen molar-refractivity contribution >= 4 is 12.7 Å². The first-order chi connectivity index (χ1) is 3.00. The Balaban J connectivity index is 2.46. The summed E-state index contributed by atoms with van der Waals surface area (Å²) in [4.78, 5) is 7.24. The summed E-state index contributed by atoms with van der Waals surface area (Å²) in [6, 6.07) is 0. The highest BCUT2D eigenvalue weighted by molar-refractivity contribution is 5.72. The van der Waals surface area contributed by atoms with Crippen LogP contribution in [0.25, 0.3) is 0 Å². The van der Waals surface area contributed by atoms with Crippen LogP contribution in [0, 0.1) is 0 Å². The maximum Gasteiger partial charge on any atom is 0.172 e. The van der Waals surface area contributed by atoms with Crippen molar-refractivity contribution in [1.82, 2.24) is 5.32 Å². The van der Waals surface area contributed by atoms with E-state index in [4.69, 9.17) is 0 Å². The Bertz CT molecular complexity index is 72.0. The summed E-state index contributed by atoms with van der Waals surface area (Å²) < 4.78 is 0. The van der Waals surface area contributed by atoms with E-state index in [0.29, 0.717) is 6.67 Å². The van der Waals surface area contributed by atoms with Crippen molar-refractivity contribution in [3.63, 3.8) is 0 Å². The number of hydrogen-bond acceptors (Lipinski definition) is 3. The lowest BCUT2D eigenvalue weighted by molar-refractivity contribution is 0.934. The summed E-state index contributed by atoms with van der Waals surface area (Å²) in [5.74, 6) is 0. The number of aliphatic imine (C=N–C) groups is 2. The Labute approximate surface area is 35.8 Å². The van der Waals surface area contributed by atoms with Gasteiger partial charge in [0.1, 0.15) is 13.0 Å². The lowest BCUT2D eigenvalue weighted by Gasteiger charge is -1.91. The number of hydrogen-bond donors (Lipinski definition) is 1. The van der Waals surface area contributed by atoms with Crippen LogP contribution in [0.3, 0.4) is 0 Å². The molecule has 1 aliphatic rings. The molecular weight excluding hydrogens is 78.1 g/mol. The standard InChI is InChI=1S/C3H4N3/c1-4-2-6-3-5-1/h1H,2H2,(H,4,5,6). The van der Waals surface area contributed by atoms with E-state index in [1.54, 1.807) is 0 Å². The summed E-state index contributed by atoms with van der Waals surface area (Å²) in [6.45, 7) is 0.615. The molecule has 0 aromatic heterocycles. The molecule has 0 spiro atoms. The lowest BCUT2D eigenvalue weighted by atomic mass is 10.9. The molecule has 1 radical (unpaired) electrons. The van der Waals surface area contributed by atoms with Crippen molar-refractivity contribution in [2.75, 3.05) is 6.67 Å². The maximum atomic E-state index is 3.71. The predicted molar refractivity (Wildman–Crippen MR) is 23.9 cm³/mol. The van der Waals surface area contributed by atoms with Gasteiger partial charge in [0.2, 0.25) is 0 Å². The highest BCUT2D eigenvalue weighted by Crippen LogP contribution is 1.66. The van der Waals surface area contributed by atoms with Gasteiger partial charge in [0.15, 0.2) is 6.34 Å². The van der Waals surface area contributed by atoms with Crippen LogP contribution in [0.4, 0.5) is 0 Å². The third kappa shape index (κ3) is 0.544. The molecule has 31 valence electrons. The van der Waals surface area contributed by atoms with Crippen molar-refractivity contribution in [2.45, 2.75) is 0 Å². The number of nitrogens with zero attached hydrogens (tertiary/aromatic N) is 2. The van der Waals surface area contributed by atoms with Gasteiger partial charge in [0.25, 0.3) is 0 Å². The molecule has 3 nitrogen and oxygen atoms in total. The smallest absolute Gasteiger partial charge is 0.172 e. The Morgan fingerprint density at radius 1 is 1.83 bits per heavy atom. The van der Waals surface area contributed by atoms with E-state index in [1.165, 1.54) is 6.34 Å². The van der Waals surface area contributed by atoms with Crippen LogP contribution in [-0.4, -0.2) is 19.3 Å². The normalized spacial score (nSPS) is 17.3. The average Bonchev–Trinajstić information content (AvgIpc) is 1.72. The minimum absolute atomic E-state index is 0.615. The molecule has 0 fully saturated rings. The van der Waals surface area contributed by atoms with Gasteiger partial charge >= 0.3 is 0 Å². The topological polar surface area (TPSA) is 36.8 Å². The first kappa shape index (κ1) is 3.33. The van der Waals surface area contributed by atoms with Gasteiger partial charge in [-0.1, -0.05) is 0 Å². The third-order valence-corrected chi connectivity index (χ3v) is 0.453. The van der Waals surface area contributed by atoms with Crippen molar-refractivity contribution in [1.29, 1.82) is 0 Å². The van der Waals surface area contributed by atoms with E-state index >= 15 is 0 Å². The lowest BCUT2D eigenvalue weighted by Crippen LogP contribution is -2.13. The fourth-order valence-corrected chi connectivity index (χ4v) is 0.237. The molecule has 0 bridgehead atoms. The molecule has 1 heterocycles. The Hall–Kier alpha value is -0.860. The minimum Gasteiger partial charge on any atom is -0.348 e. The third-order valence-electron chi connectivity index (χ3n) is 0.453.